The topological polar surface area (TPSA) is 57.7 Å². The maximum Gasteiger partial charge on any atom is 0.237 e. The van der Waals surface area contributed by atoms with Gasteiger partial charge in [0, 0.05) is 43.8 Å². The molecule has 2 fully saturated rings. The Morgan fingerprint density at radius 1 is 1.14 bits per heavy atom. The Balaban J connectivity index is 1.24. The van der Waals surface area contributed by atoms with Crippen molar-refractivity contribution in [3.05, 3.63) is 36.5 Å². The number of carbonyl (C=O) groups excluding carboxylic acids is 1. The number of rotatable bonds is 5. The molecule has 0 bridgehead atoms. The van der Waals surface area contributed by atoms with Gasteiger partial charge in [-0.15, -0.1) is 0 Å². The molecule has 1 amide bonds. The van der Waals surface area contributed by atoms with Crippen molar-refractivity contribution in [3.8, 4) is 5.75 Å². The fraction of sp³-hybridized carbons (Fsp3) is 0.565. The summed E-state index contributed by atoms with van der Waals surface area (Å²) in [5.74, 6) is 1.07. The van der Waals surface area contributed by atoms with Gasteiger partial charge in [0.05, 0.1) is 17.7 Å². The minimum Gasteiger partial charge on any atom is -0.490 e. The van der Waals surface area contributed by atoms with Crippen LogP contribution in [0.4, 0.5) is 0 Å². The van der Waals surface area contributed by atoms with Crippen LogP contribution in [0, 0.1) is 0 Å². The molecule has 6 heteroatoms. The molecule has 1 saturated carbocycles. The standard InChI is InChI=1S/C23H32N4O2/c1-17(27-14-12-26(2)13-15-27)23(28)25-19-5-7-20(8-6-19)29-21-9-10-22-18(16-21)4-3-11-24-22/h3-4,9-11,16-17,19-20H,5-8,12-15H2,1-2H3,(H,25,28). The van der Waals surface area contributed by atoms with E-state index in [4.69, 9.17) is 4.74 Å². The molecule has 2 aromatic rings. The van der Waals surface area contributed by atoms with Crippen molar-refractivity contribution >= 4 is 16.8 Å². The fourth-order valence-electron chi connectivity index (χ4n) is 4.34. The number of nitrogens with one attached hydrogen (secondary N) is 1. The number of ether oxygens (including phenoxy) is 1. The molecule has 0 spiro atoms. The zero-order valence-corrected chi connectivity index (χ0v) is 17.5. The van der Waals surface area contributed by atoms with Crippen LogP contribution in [-0.4, -0.2) is 72.1 Å². The van der Waals surface area contributed by atoms with Crippen LogP contribution in [0.15, 0.2) is 36.5 Å². The normalized spacial score (nSPS) is 24.9. The van der Waals surface area contributed by atoms with E-state index in [0.717, 1.165) is 68.5 Å². The van der Waals surface area contributed by atoms with E-state index in [-0.39, 0.29) is 24.1 Å². The number of hydrogen-bond donors (Lipinski definition) is 1. The van der Waals surface area contributed by atoms with Gasteiger partial charge in [-0.05, 0) is 63.9 Å². The van der Waals surface area contributed by atoms with E-state index in [1.54, 1.807) is 0 Å². The summed E-state index contributed by atoms with van der Waals surface area (Å²) in [6, 6.07) is 10.3. The average Bonchev–Trinajstić information content (AvgIpc) is 2.75. The Hall–Kier alpha value is -2.18. The second-order valence-electron chi connectivity index (χ2n) is 8.47. The lowest BCUT2D eigenvalue weighted by Crippen LogP contribution is -2.54. The van der Waals surface area contributed by atoms with Crippen molar-refractivity contribution in [1.82, 2.24) is 20.1 Å². The van der Waals surface area contributed by atoms with Gasteiger partial charge in [0.1, 0.15) is 5.75 Å². The first-order chi connectivity index (χ1) is 14.1. The number of amides is 1. The van der Waals surface area contributed by atoms with E-state index in [1.165, 1.54) is 0 Å². The molecule has 1 aliphatic heterocycles. The second-order valence-corrected chi connectivity index (χ2v) is 8.47. The summed E-state index contributed by atoms with van der Waals surface area (Å²) in [4.78, 5) is 21.6. The maximum atomic E-state index is 12.7. The molecule has 2 aliphatic rings. The number of aromatic nitrogens is 1. The van der Waals surface area contributed by atoms with Gasteiger partial charge >= 0.3 is 0 Å². The minimum absolute atomic E-state index is 0.0520. The average molecular weight is 397 g/mol. The monoisotopic (exact) mass is 396 g/mol. The highest BCUT2D eigenvalue weighted by Crippen LogP contribution is 2.26. The Labute approximate surface area is 173 Å². The highest BCUT2D eigenvalue weighted by Gasteiger charge is 2.28. The van der Waals surface area contributed by atoms with Crippen LogP contribution >= 0.6 is 0 Å². The Bertz CT molecular complexity index is 826. The van der Waals surface area contributed by atoms with Crippen molar-refractivity contribution in [2.45, 2.75) is 50.8 Å². The van der Waals surface area contributed by atoms with Crippen molar-refractivity contribution in [2.24, 2.45) is 0 Å². The second kappa shape index (κ2) is 9.09. The Morgan fingerprint density at radius 3 is 2.66 bits per heavy atom. The summed E-state index contributed by atoms with van der Waals surface area (Å²) in [5, 5.41) is 4.38. The molecular weight excluding hydrogens is 364 g/mol. The molecule has 4 rings (SSSR count). The van der Waals surface area contributed by atoms with Crippen molar-refractivity contribution in [3.63, 3.8) is 0 Å². The number of hydrogen-bond acceptors (Lipinski definition) is 5. The largest absolute Gasteiger partial charge is 0.490 e. The minimum atomic E-state index is -0.0520. The molecule has 29 heavy (non-hydrogen) atoms. The summed E-state index contributed by atoms with van der Waals surface area (Å²) in [5.41, 5.74) is 0.987. The van der Waals surface area contributed by atoms with Crippen molar-refractivity contribution in [1.29, 1.82) is 0 Å². The van der Waals surface area contributed by atoms with Gasteiger partial charge in [-0.3, -0.25) is 14.7 Å². The molecule has 1 unspecified atom stereocenters. The van der Waals surface area contributed by atoms with Crippen LogP contribution in [0.2, 0.25) is 0 Å². The smallest absolute Gasteiger partial charge is 0.237 e. The van der Waals surface area contributed by atoms with E-state index >= 15 is 0 Å². The van der Waals surface area contributed by atoms with Gasteiger partial charge in [-0.1, -0.05) is 6.07 Å². The highest BCUT2D eigenvalue weighted by atomic mass is 16.5. The number of fused-ring (bicyclic) bond motifs is 1. The number of nitrogens with zero attached hydrogens (tertiary/aromatic N) is 3. The van der Waals surface area contributed by atoms with Gasteiger partial charge in [0.15, 0.2) is 0 Å². The first kappa shape index (κ1) is 20.1. The molecule has 156 valence electrons. The van der Waals surface area contributed by atoms with Crippen LogP contribution in [-0.2, 0) is 4.79 Å². The zero-order valence-electron chi connectivity index (χ0n) is 17.5. The number of pyridine rings is 1. The molecular formula is C23H32N4O2. The van der Waals surface area contributed by atoms with Crippen molar-refractivity contribution in [2.75, 3.05) is 33.2 Å². The highest BCUT2D eigenvalue weighted by molar-refractivity contribution is 5.81. The van der Waals surface area contributed by atoms with Crippen LogP contribution in [0.25, 0.3) is 10.9 Å². The molecule has 1 saturated heterocycles. The van der Waals surface area contributed by atoms with Crippen LogP contribution < -0.4 is 10.1 Å². The van der Waals surface area contributed by atoms with E-state index in [1.807, 2.05) is 31.3 Å². The van der Waals surface area contributed by atoms with Crippen molar-refractivity contribution < 1.29 is 9.53 Å². The van der Waals surface area contributed by atoms with Gasteiger partial charge in [0.2, 0.25) is 5.91 Å². The Kier molecular flexibility index (Phi) is 6.31. The van der Waals surface area contributed by atoms with E-state index < -0.39 is 0 Å². The van der Waals surface area contributed by atoms with Gasteiger partial charge in [-0.25, -0.2) is 0 Å². The zero-order chi connectivity index (χ0) is 20.2. The van der Waals surface area contributed by atoms with Crippen LogP contribution in [0.1, 0.15) is 32.6 Å². The molecule has 2 heterocycles. The summed E-state index contributed by atoms with van der Waals surface area (Å²) in [6.45, 7) is 6.03. The molecule has 1 aromatic heterocycles. The number of carbonyl (C=O) groups is 1. The van der Waals surface area contributed by atoms with Gasteiger partial charge in [0.25, 0.3) is 0 Å². The summed E-state index contributed by atoms with van der Waals surface area (Å²) < 4.78 is 6.22. The molecule has 1 atom stereocenters. The number of likely N-dealkylation sites (N-methyl/N-ethyl adjacent to an activating group) is 1. The molecule has 1 N–H and O–H groups in total. The third kappa shape index (κ3) is 5.06. The fourth-order valence-corrected chi connectivity index (χ4v) is 4.34. The third-order valence-corrected chi connectivity index (χ3v) is 6.36. The molecule has 6 nitrogen and oxygen atoms in total. The van der Waals surface area contributed by atoms with E-state index in [9.17, 15) is 4.79 Å². The van der Waals surface area contributed by atoms with Gasteiger partial charge < -0.3 is 15.0 Å². The molecule has 0 radical (unpaired) electrons. The predicted molar refractivity (Wildman–Crippen MR) is 115 cm³/mol. The summed E-state index contributed by atoms with van der Waals surface area (Å²) in [6.07, 6.45) is 5.91. The first-order valence-electron chi connectivity index (χ1n) is 10.8. The maximum absolute atomic E-state index is 12.7. The van der Waals surface area contributed by atoms with Crippen LogP contribution in [0.3, 0.4) is 0 Å². The quantitative estimate of drug-likeness (QED) is 0.842. The predicted octanol–water partition coefficient (Wildman–Crippen LogP) is 2.68. The van der Waals surface area contributed by atoms with E-state index in [0.29, 0.717) is 0 Å². The summed E-state index contributed by atoms with van der Waals surface area (Å²) in [7, 11) is 2.14. The third-order valence-electron chi connectivity index (χ3n) is 6.36. The first-order valence-corrected chi connectivity index (χ1v) is 10.8. The molecule has 1 aromatic carbocycles. The SMILES string of the molecule is CC(C(=O)NC1CCC(Oc2ccc3ncccc3c2)CC1)N1CCN(C)CC1. The van der Waals surface area contributed by atoms with E-state index in [2.05, 4.69) is 39.3 Å². The number of benzene rings is 1. The molecule has 1 aliphatic carbocycles. The number of piperazine rings is 1. The Morgan fingerprint density at radius 2 is 1.90 bits per heavy atom. The lowest BCUT2D eigenvalue weighted by atomic mass is 9.92. The van der Waals surface area contributed by atoms with Crippen LogP contribution in [0.5, 0.6) is 5.75 Å². The lowest BCUT2D eigenvalue weighted by molar-refractivity contribution is -0.127. The lowest BCUT2D eigenvalue weighted by Gasteiger charge is -2.37. The summed E-state index contributed by atoms with van der Waals surface area (Å²) >= 11 is 0. The van der Waals surface area contributed by atoms with Gasteiger partial charge in [-0.2, -0.15) is 0 Å².